The molecule has 0 amide bonds. The molecule has 0 radical (unpaired) electrons. The third-order valence-electron chi connectivity index (χ3n) is 2.65. The first-order chi connectivity index (χ1) is 7.47. The predicted octanol–water partition coefficient (Wildman–Crippen LogP) is 4.30. The summed E-state index contributed by atoms with van der Waals surface area (Å²) in [6, 6.07) is 4.31. The van der Waals surface area contributed by atoms with Crippen LogP contribution in [0.2, 0.25) is 0 Å². The van der Waals surface area contributed by atoms with Crippen LogP contribution in [0.5, 0.6) is 0 Å². The molecule has 1 nitrogen and oxygen atoms in total. The summed E-state index contributed by atoms with van der Waals surface area (Å²) < 4.78 is 0. The molecule has 1 atom stereocenters. The highest BCUT2D eigenvalue weighted by Gasteiger charge is 2.14. The highest BCUT2D eigenvalue weighted by atomic mass is 32.1. The zero-order valence-electron chi connectivity index (χ0n) is 11.0. The fraction of sp³-hybridized carbons (Fsp3) is 0.714. The van der Waals surface area contributed by atoms with E-state index in [0.717, 1.165) is 19.0 Å². The normalized spacial score (nSPS) is 14.0. The molecule has 1 rings (SSSR count). The lowest BCUT2D eigenvalue weighted by Gasteiger charge is -2.23. The minimum absolute atomic E-state index is 0.465. The van der Waals surface area contributed by atoms with Gasteiger partial charge in [-0.25, -0.2) is 0 Å². The first-order valence-corrected chi connectivity index (χ1v) is 7.08. The van der Waals surface area contributed by atoms with Crippen molar-refractivity contribution in [1.29, 1.82) is 0 Å². The van der Waals surface area contributed by atoms with E-state index in [1.54, 1.807) is 0 Å². The molecule has 1 aromatic rings. The Morgan fingerprint density at radius 3 is 2.69 bits per heavy atom. The van der Waals surface area contributed by atoms with Crippen molar-refractivity contribution in [2.75, 3.05) is 6.54 Å². The molecule has 1 N–H and O–H groups in total. The molecule has 0 saturated carbocycles. The number of thiophene rings is 1. The molecule has 0 fully saturated rings. The van der Waals surface area contributed by atoms with E-state index in [9.17, 15) is 0 Å². The standard InChI is InChI=1S/C14H25NS/c1-12(10-14(2,3)4)7-8-15-11-13-6-5-9-16-13/h5-6,9,12,15H,7-8,10-11H2,1-4H3. The Morgan fingerprint density at radius 2 is 2.12 bits per heavy atom. The lowest BCUT2D eigenvalue weighted by Crippen LogP contribution is -2.19. The summed E-state index contributed by atoms with van der Waals surface area (Å²) in [5.74, 6) is 0.816. The van der Waals surface area contributed by atoms with Crippen LogP contribution in [0.1, 0.15) is 45.4 Å². The first-order valence-electron chi connectivity index (χ1n) is 6.20. The Kier molecular flexibility index (Phi) is 5.50. The summed E-state index contributed by atoms with van der Waals surface area (Å²) in [6.07, 6.45) is 2.59. The van der Waals surface area contributed by atoms with Gasteiger partial charge in [0.05, 0.1) is 0 Å². The van der Waals surface area contributed by atoms with Crippen LogP contribution < -0.4 is 5.32 Å². The SMILES string of the molecule is CC(CCNCc1cccs1)CC(C)(C)C. The fourth-order valence-electron chi connectivity index (χ4n) is 2.12. The van der Waals surface area contributed by atoms with E-state index in [-0.39, 0.29) is 0 Å². The lowest BCUT2D eigenvalue weighted by atomic mass is 9.84. The van der Waals surface area contributed by atoms with Crippen LogP contribution in [-0.4, -0.2) is 6.54 Å². The van der Waals surface area contributed by atoms with E-state index in [1.807, 2.05) is 11.3 Å². The van der Waals surface area contributed by atoms with Crippen molar-refractivity contribution in [3.63, 3.8) is 0 Å². The maximum atomic E-state index is 3.51. The fourth-order valence-corrected chi connectivity index (χ4v) is 2.80. The van der Waals surface area contributed by atoms with E-state index in [0.29, 0.717) is 5.41 Å². The van der Waals surface area contributed by atoms with Crippen molar-refractivity contribution in [1.82, 2.24) is 5.32 Å². The zero-order valence-corrected chi connectivity index (χ0v) is 11.9. The van der Waals surface area contributed by atoms with Gasteiger partial charge in [0.15, 0.2) is 0 Å². The molecule has 1 aromatic heterocycles. The molecule has 0 aliphatic rings. The average molecular weight is 239 g/mol. The molecule has 0 aromatic carbocycles. The Morgan fingerprint density at radius 1 is 1.38 bits per heavy atom. The number of nitrogens with one attached hydrogen (secondary N) is 1. The number of hydrogen-bond donors (Lipinski definition) is 1. The van der Waals surface area contributed by atoms with E-state index >= 15 is 0 Å². The molecular formula is C14H25NS. The molecule has 16 heavy (non-hydrogen) atoms. The second-order valence-corrected chi connectivity index (χ2v) is 6.95. The molecule has 0 bridgehead atoms. The monoisotopic (exact) mass is 239 g/mol. The Labute approximate surface area is 104 Å². The molecule has 0 aliphatic carbocycles. The van der Waals surface area contributed by atoms with Crippen LogP contribution in [0.15, 0.2) is 17.5 Å². The molecular weight excluding hydrogens is 214 g/mol. The van der Waals surface area contributed by atoms with E-state index in [4.69, 9.17) is 0 Å². The highest BCUT2D eigenvalue weighted by molar-refractivity contribution is 7.09. The second-order valence-electron chi connectivity index (χ2n) is 5.91. The zero-order chi connectivity index (χ0) is 12.0. The second kappa shape index (κ2) is 6.41. The molecule has 0 saturated heterocycles. The van der Waals surface area contributed by atoms with Crippen LogP contribution in [0.3, 0.4) is 0 Å². The minimum Gasteiger partial charge on any atom is -0.312 e. The largest absolute Gasteiger partial charge is 0.312 e. The lowest BCUT2D eigenvalue weighted by molar-refractivity contribution is 0.294. The maximum absolute atomic E-state index is 3.51. The van der Waals surface area contributed by atoms with Crippen molar-refractivity contribution >= 4 is 11.3 Å². The van der Waals surface area contributed by atoms with Gasteiger partial charge < -0.3 is 5.32 Å². The van der Waals surface area contributed by atoms with E-state index in [1.165, 1.54) is 17.7 Å². The third-order valence-corrected chi connectivity index (χ3v) is 3.53. The molecule has 92 valence electrons. The van der Waals surface area contributed by atoms with Crippen LogP contribution in [0.4, 0.5) is 0 Å². The van der Waals surface area contributed by atoms with E-state index in [2.05, 4.69) is 50.5 Å². The van der Waals surface area contributed by atoms with E-state index < -0.39 is 0 Å². The summed E-state index contributed by atoms with van der Waals surface area (Å²) >= 11 is 1.83. The summed E-state index contributed by atoms with van der Waals surface area (Å²) in [4.78, 5) is 1.43. The van der Waals surface area contributed by atoms with Gasteiger partial charge in [0.25, 0.3) is 0 Å². The maximum Gasteiger partial charge on any atom is 0.0299 e. The number of rotatable bonds is 6. The van der Waals surface area contributed by atoms with Gasteiger partial charge in [0.2, 0.25) is 0 Å². The van der Waals surface area contributed by atoms with Gasteiger partial charge in [0, 0.05) is 11.4 Å². The summed E-state index contributed by atoms with van der Waals surface area (Å²) in [6.45, 7) is 11.5. The van der Waals surface area contributed by atoms with Gasteiger partial charge in [0.1, 0.15) is 0 Å². The molecule has 0 aliphatic heterocycles. The van der Waals surface area contributed by atoms with Gasteiger partial charge in [-0.3, -0.25) is 0 Å². The quantitative estimate of drug-likeness (QED) is 0.730. The van der Waals surface area contributed by atoms with Crippen LogP contribution in [0.25, 0.3) is 0 Å². The van der Waals surface area contributed by atoms with Crippen LogP contribution in [-0.2, 0) is 6.54 Å². The van der Waals surface area contributed by atoms with Gasteiger partial charge in [-0.15, -0.1) is 11.3 Å². The number of hydrogen-bond acceptors (Lipinski definition) is 2. The predicted molar refractivity (Wildman–Crippen MR) is 73.9 cm³/mol. The molecule has 1 unspecified atom stereocenters. The molecule has 1 heterocycles. The Hall–Kier alpha value is -0.340. The third kappa shape index (κ3) is 6.29. The highest BCUT2D eigenvalue weighted by Crippen LogP contribution is 2.25. The van der Waals surface area contributed by atoms with Gasteiger partial charge in [-0.1, -0.05) is 33.8 Å². The summed E-state index contributed by atoms with van der Waals surface area (Å²) in [5, 5.41) is 5.65. The Bertz CT molecular complexity index is 271. The topological polar surface area (TPSA) is 12.0 Å². The average Bonchev–Trinajstić information content (AvgIpc) is 2.62. The molecule has 2 heteroatoms. The van der Waals surface area contributed by atoms with Gasteiger partial charge in [-0.05, 0) is 42.2 Å². The van der Waals surface area contributed by atoms with Gasteiger partial charge in [-0.2, -0.15) is 0 Å². The minimum atomic E-state index is 0.465. The van der Waals surface area contributed by atoms with Crippen molar-refractivity contribution in [3.8, 4) is 0 Å². The van der Waals surface area contributed by atoms with Crippen molar-refractivity contribution in [3.05, 3.63) is 22.4 Å². The van der Waals surface area contributed by atoms with Crippen LogP contribution >= 0.6 is 11.3 Å². The van der Waals surface area contributed by atoms with Gasteiger partial charge >= 0.3 is 0 Å². The smallest absolute Gasteiger partial charge is 0.0299 e. The Balaban J connectivity index is 2.07. The van der Waals surface area contributed by atoms with Crippen molar-refractivity contribution in [2.45, 2.75) is 47.1 Å². The summed E-state index contributed by atoms with van der Waals surface area (Å²) in [7, 11) is 0. The molecule has 0 spiro atoms. The van der Waals surface area contributed by atoms with Crippen molar-refractivity contribution in [2.24, 2.45) is 11.3 Å². The van der Waals surface area contributed by atoms with Crippen molar-refractivity contribution < 1.29 is 0 Å². The summed E-state index contributed by atoms with van der Waals surface area (Å²) in [5.41, 5.74) is 0.465. The first kappa shape index (κ1) is 13.7. The van der Waals surface area contributed by atoms with Crippen LogP contribution in [0, 0.1) is 11.3 Å².